The molecule has 2 N–H and O–H groups in total. The summed E-state index contributed by atoms with van der Waals surface area (Å²) < 4.78 is 13.4. The van der Waals surface area contributed by atoms with Gasteiger partial charge in [-0.2, -0.15) is 0 Å². The van der Waals surface area contributed by atoms with Gasteiger partial charge in [0.2, 0.25) is 0 Å². The van der Waals surface area contributed by atoms with Crippen LogP contribution >= 0.6 is 0 Å². The van der Waals surface area contributed by atoms with Crippen molar-refractivity contribution in [1.29, 1.82) is 0 Å². The summed E-state index contributed by atoms with van der Waals surface area (Å²) in [6, 6.07) is 20.4. The second-order valence-electron chi connectivity index (χ2n) is 7.81. The van der Waals surface area contributed by atoms with Crippen LogP contribution in [0.5, 0.6) is 0 Å². The van der Waals surface area contributed by atoms with Crippen molar-refractivity contribution in [1.82, 2.24) is 9.55 Å². The third-order valence-electron chi connectivity index (χ3n) is 5.72. The van der Waals surface area contributed by atoms with E-state index in [1.807, 2.05) is 60.7 Å². The molecular formula is C24H26N2O5. The minimum absolute atomic E-state index is 0.296. The second-order valence-corrected chi connectivity index (χ2v) is 7.81. The fourth-order valence-corrected chi connectivity index (χ4v) is 4.09. The summed E-state index contributed by atoms with van der Waals surface area (Å²) in [5.74, 6) is -0.309. The number of hydrogen-bond donors (Lipinski definition) is 2. The lowest BCUT2D eigenvalue weighted by atomic mass is 10.0. The Morgan fingerprint density at radius 1 is 0.935 bits per heavy atom. The van der Waals surface area contributed by atoms with Crippen LogP contribution in [-0.4, -0.2) is 33.5 Å². The topological polar surface area (TPSA) is 93.5 Å². The predicted octanol–water partition coefficient (Wildman–Crippen LogP) is 2.26. The van der Waals surface area contributed by atoms with Gasteiger partial charge in [-0.3, -0.25) is 14.3 Å². The second kappa shape index (κ2) is 9.87. The van der Waals surface area contributed by atoms with Crippen LogP contribution in [0.4, 0.5) is 0 Å². The number of H-pyrrole nitrogens is 1. The average molecular weight is 422 g/mol. The molecule has 7 nitrogen and oxygen atoms in total. The van der Waals surface area contributed by atoms with E-state index in [0.29, 0.717) is 26.2 Å². The zero-order valence-corrected chi connectivity index (χ0v) is 17.1. The van der Waals surface area contributed by atoms with Crippen LogP contribution < -0.4 is 11.2 Å². The number of aromatic amines is 1. The van der Waals surface area contributed by atoms with Crippen molar-refractivity contribution in [3.8, 4) is 0 Å². The van der Waals surface area contributed by atoms with Crippen LogP contribution in [0, 0.1) is 5.92 Å². The Balaban J connectivity index is 1.49. The number of ether oxygens (including phenoxy) is 2. The molecule has 0 unspecified atom stereocenters. The quantitative estimate of drug-likeness (QED) is 0.581. The average Bonchev–Trinajstić information content (AvgIpc) is 3.09. The van der Waals surface area contributed by atoms with E-state index in [-0.39, 0.29) is 12.0 Å². The number of nitrogens with one attached hydrogen (secondary N) is 1. The lowest BCUT2D eigenvalue weighted by molar-refractivity contribution is -0.0476. The molecule has 1 aliphatic rings. The highest BCUT2D eigenvalue weighted by Crippen LogP contribution is 2.37. The molecule has 162 valence electrons. The van der Waals surface area contributed by atoms with Crippen molar-refractivity contribution in [2.24, 2.45) is 5.92 Å². The van der Waals surface area contributed by atoms with E-state index < -0.39 is 23.4 Å². The number of hydrogen-bond acceptors (Lipinski definition) is 5. The molecule has 0 saturated heterocycles. The lowest BCUT2D eigenvalue weighted by Gasteiger charge is -2.23. The molecule has 1 aromatic heterocycles. The van der Waals surface area contributed by atoms with E-state index in [4.69, 9.17) is 9.47 Å². The first-order valence-corrected chi connectivity index (χ1v) is 10.4. The fourth-order valence-electron chi connectivity index (χ4n) is 4.09. The minimum atomic E-state index is -0.847. The number of aromatic nitrogens is 2. The summed E-state index contributed by atoms with van der Waals surface area (Å²) in [5, 5.41) is 11.0. The van der Waals surface area contributed by atoms with Crippen molar-refractivity contribution >= 4 is 0 Å². The standard InChI is InChI=1S/C24H26N2O5/c27-22-11-12-26(24(29)25-22)20-13-21(31-15-18-9-5-2-6-10-18)19(23(20)28)16-30-14-17-7-3-1-4-8-17/h1-12,19-21,23,28H,13-16H2,(H,25,27,29)/t19-,20+,21+,23+/m0/s1. The van der Waals surface area contributed by atoms with Crippen LogP contribution in [-0.2, 0) is 22.7 Å². The molecule has 0 aliphatic heterocycles. The molecular weight excluding hydrogens is 396 g/mol. The largest absolute Gasteiger partial charge is 0.390 e. The highest BCUT2D eigenvalue weighted by molar-refractivity contribution is 5.14. The maximum absolute atomic E-state index is 12.3. The minimum Gasteiger partial charge on any atom is -0.390 e. The molecule has 1 saturated carbocycles. The highest BCUT2D eigenvalue weighted by Gasteiger charge is 2.44. The molecule has 7 heteroatoms. The van der Waals surface area contributed by atoms with Gasteiger partial charge in [0.1, 0.15) is 0 Å². The van der Waals surface area contributed by atoms with Gasteiger partial charge >= 0.3 is 5.69 Å². The van der Waals surface area contributed by atoms with Gasteiger partial charge < -0.3 is 14.6 Å². The van der Waals surface area contributed by atoms with Crippen molar-refractivity contribution in [2.45, 2.75) is 37.9 Å². The van der Waals surface area contributed by atoms with E-state index in [1.165, 1.54) is 16.8 Å². The highest BCUT2D eigenvalue weighted by atomic mass is 16.5. The first-order valence-electron chi connectivity index (χ1n) is 10.4. The molecule has 1 fully saturated rings. The Morgan fingerprint density at radius 3 is 2.23 bits per heavy atom. The molecule has 1 aliphatic carbocycles. The van der Waals surface area contributed by atoms with Crippen LogP contribution in [0.15, 0.2) is 82.5 Å². The molecule has 4 atom stereocenters. The van der Waals surface area contributed by atoms with Gasteiger partial charge in [0.05, 0.1) is 38.1 Å². The zero-order valence-electron chi connectivity index (χ0n) is 17.1. The molecule has 1 heterocycles. The van der Waals surface area contributed by atoms with Crippen molar-refractivity contribution < 1.29 is 14.6 Å². The fraction of sp³-hybridized carbons (Fsp3) is 0.333. The Morgan fingerprint density at radius 2 is 1.58 bits per heavy atom. The summed E-state index contributed by atoms with van der Waals surface area (Å²) in [7, 11) is 0. The maximum Gasteiger partial charge on any atom is 0.328 e. The smallest absolute Gasteiger partial charge is 0.328 e. The van der Waals surface area contributed by atoms with E-state index >= 15 is 0 Å². The first-order chi connectivity index (χ1) is 15.1. The first kappa shape index (κ1) is 21.2. The zero-order chi connectivity index (χ0) is 21.6. The van der Waals surface area contributed by atoms with E-state index in [0.717, 1.165) is 11.1 Å². The van der Waals surface area contributed by atoms with Gasteiger partial charge in [0.25, 0.3) is 5.56 Å². The number of aliphatic hydroxyl groups is 1. The summed E-state index contributed by atoms with van der Waals surface area (Å²) in [4.78, 5) is 26.0. The van der Waals surface area contributed by atoms with Gasteiger partial charge in [-0.1, -0.05) is 60.7 Å². The molecule has 4 rings (SSSR count). The van der Waals surface area contributed by atoms with Crippen molar-refractivity contribution in [3.05, 3.63) is 105 Å². The molecule has 2 aromatic carbocycles. The molecule has 0 amide bonds. The molecule has 0 spiro atoms. The Kier molecular flexibility index (Phi) is 6.76. The van der Waals surface area contributed by atoms with Crippen LogP contribution in [0.3, 0.4) is 0 Å². The Bertz CT molecular complexity index is 1080. The Labute approximate surface area is 179 Å². The summed E-state index contributed by atoms with van der Waals surface area (Å²) in [6.07, 6.45) is 0.727. The van der Waals surface area contributed by atoms with Gasteiger partial charge in [-0.05, 0) is 17.5 Å². The van der Waals surface area contributed by atoms with Gasteiger partial charge in [0.15, 0.2) is 0 Å². The normalized spacial score (nSPS) is 23.1. The SMILES string of the molecule is O=c1ccn([C@@H]2C[C@@H](OCc3ccccc3)[C@H](COCc3ccccc3)[C@H]2O)c(=O)[nH]1. The number of benzene rings is 2. The molecule has 0 bridgehead atoms. The monoisotopic (exact) mass is 422 g/mol. The van der Waals surface area contributed by atoms with Crippen LogP contribution in [0.2, 0.25) is 0 Å². The molecule has 3 aromatic rings. The van der Waals surface area contributed by atoms with Crippen molar-refractivity contribution in [3.63, 3.8) is 0 Å². The molecule has 0 radical (unpaired) electrons. The number of nitrogens with zero attached hydrogens (tertiary/aromatic N) is 1. The number of aliphatic hydroxyl groups excluding tert-OH is 1. The van der Waals surface area contributed by atoms with E-state index in [1.54, 1.807) is 0 Å². The lowest BCUT2D eigenvalue weighted by Crippen LogP contribution is -2.36. The summed E-state index contributed by atoms with van der Waals surface area (Å²) in [6.45, 7) is 1.13. The van der Waals surface area contributed by atoms with E-state index in [2.05, 4.69) is 4.98 Å². The Hall–Kier alpha value is -3.00. The maximum atomic E-state index is 12.3. The van der Waals surface area contributed by atoms with Crippen molar-refractivity contribution in [2.75, 3.05) is 6.61 Å². The van der Waals surface area contributed by atoms with E-state index in [9.17, 15) is 14.7 Å². The number of rotatable bonds is 8. The summed E-state index contributed by atoms with van der Waals surface area (Å²) >= 11 is 0. The van der Waals surface area contributed by atoms with Gasteiger partial charge in [0, 0.05) is 18.2 Å². The van der Waals surface area contributed by atoms with Crippen LogP contribution in [0.1, 0.15) is 23.6 Å². The third kappa shape index (κ3) is 5.19. The molecule has 31 heavy (non-hydrogen) atoms. The van der Waals surface area contributed by atoms with Gasteiger partial charge in [-0.15, -0.1) is 0 Å². The summed E-state index contributed by atoms with van der Waals surface area (Å²) in [5.41, 5.74) is 1.08. The predicted molar refractivity (Wildman–Crippen MR) is 116 cm³/mol. The van der Waals surface area contributed by atoms with Gasteiger partial charge in [-0.25, -0.2) is 4.79 Å². The van der Waals surface area contributed by atoms with Crippen LogP contribution in [0.25, 0.3) is 0 Å². The third-order valence-corrected chi connectivity index (χ3v) is 5.72.